The lowest BCUT2D eigenvalue weighted by Crippen LogP contribution is -2.35. The zero-order valence-corrected chi connectivity index (χ0v) is 16.2. The maximum absolute atomic E-state index is 5.92. The number of hydrogen-bond donors (Lipinski definition) is 2. The second-order valence-corrected chi connectivity index (χ2v) is 6.67. The number of anilines is 1. The van der Waals surface area contributed by atoms with Gasteiger partial charge in [-0.15, -0.1) is 24.8 Å². The summed E-state index contributed by atoms with van der Waals surface area (Å²) in [6.45, 7) is 2.87. The number of halogens is 2. The quantitative estimate of drug-likeness (QED) is 0.679. The number of aromatic nitrogens is 4. The van der Waals surface area contributed by atoms with E-state index in [0.717, 1.165) is 30.2 Å². The highest BCUT2D eigenvalue weighted by Crippen LogP contribution is 2.41. The van der Waals surface area contributed by atoms with E-state index in [1.54, 1.807) is 6.92 Å². The van der Waals surface area contributed by atoms with Crippen molar-refractivity contribution >= 4 is 30.6 Å². The molecule has 2 aliphatic rings. The molecular formula is C16H24Cl2N6O2. The van der Waals surface area contributed by atoms with Crippen molar-refractivity contribution in [2.45, 2.75) is 50.5 Å². The van der Waals surface area contributed by atoms with Gasteiger partial charge < -0.3 is 15.8 Å². The number of nitrogens with one attached hydrogen (secondary N) is 1. The van der Waals surface area contributed by atoms with Crippen LogP contribution in [0.1, 0.15) is 54.7 Å². The summed E-state index contributed by atoms with van der Waals surface area (Å²) in [5, 5.41) is 10.7. The van der Waals surface area contributed by atoms with Crippen LogP contribution in [0.3, 0.4) is 0 Å². The predicted octanol–water partition coefficient (Wildman–Crippen LogP) is 2.58. The van der Waals surface area contributed by atoms with E-state index < -0.39 is 0 Å². The summed E-state index contributed by atoms with van der Waals surface area (Å²) in [4.78, 5) is 9.42. The molecule has 26 heavy (non-hydrogen) atoms. The minimum absolute atomic E-state index is 0. The Kier molecular flexibility index (Phi) is 7.02. The van der Waals surface area contributed by atoms with Crippen molar-refractivity contribution < 1.29 is 9.37 Å². The van der Waals surface area contributed by atoms with Crippen molar-refractivity contribution in [1.82, 2.24) is 20.3 Å². The second kappa shape index (κ2) is 8.83. The van der Waals surface area contributed by atoms with Crippen LogP contribution in [0.2, 0.25) is 0 Å². The van der Waals surface area contributed by atoms with Gasteiger partial charge >= 0.3 is 0 Å². The summed E-state index contributed by atoms with van der Waals surface area (Å²) >= 11 is 0. The van der Waals surface area contributed by atoms with Crippen molar-refractivity contribution in [1.29, 1.82) is 0 Å². The maximum atomic E-state index is 5.92. The minimum Gasteiger partial charge on any atom is -0.472 e. The molecule has 0 radical (unpaired) electrons. The molecule has 10 heteroatoms. The summed E-state index contributed by atoms with van der Waals surface area (Å²) in [6.07, 6.45) is 4.41. The van der Waals surface area contributed by atoms with Crippen LogP contribution in [0.15, 0.2) is 10.7 Å². The first-order valence-electron chi connectivity index (χ1n) is 8.49. The second-order valence-electron chi connectivity index (χ2n) is 6.67. The lowest BCUT2D eigenvalue weighted by Gasteiger charge is -2.32. The van der Waals surface area contributed by atoms with E-state index in [-0.39, 0.29) is 24.8 Å². The van der Waals surface area contributed by atoms with Gasteiger partial charge in [-0.2, -0.15) is 0 Å². The third-order valence-corrected chi connectivity index (χ3v) is 4.56. The van der Waals surface area contributed by atoms with Gasteiger partial charge in [-0.25, -0.2) is 14.6 Å². The zero-order valence-electron chi connectivity index (χ0n) is 14.6. The van der Waals surface area contributed by atoms with Crippen molar-refractivity contribution in [3.05, 3.63) is 23.3 Å². The molecule has 0 unspecified atom stereocenters. The number of nitrogens with two attached hydrogens (primary N) is 1. The van der Waals surface area contributed by atoms with Crippen molar-refractivity contribution in [3.8, 4) is 5.88 Å². The minimum atomic E-state index is 0. The molecule has 0 saturated heterocycles. The van der Waals surface area contributed by atoms with Gasteiger partial charge in [0.15, 0.2) is 0 Å². The smallest absolute Gasteiger partial charge is 0.278 e. The lowest BCUT2D eigenvalue weighted by molar-refractivity contribution is 0.261. The first kappa shape index (κ1) is 20.7. The van der Waals surface area contributed by atoms with Crippen LogP contribution in [0.4, 0.5) is 5.82 Å². The van der Waals surface area contributed by atoms with Gasteiger partial charge in [-0.05, 0) is 37.8 Å². The van der Waals surface area contributed by atoms with Crippen LogP contribution in [-0.2, 0) is 0 Å². The van der Waals surface area contributed by atoms with E-state index in [1.807, 2.05) is 6.07 Å². The van der Waals surface area contributed by atoms with Crippen LogP contribution < -0.4 is 15.8 Å². The maximum Gasteiger partial charge on any atom is 0.278 e. The number of nitrogens with zero attached hydrogens (tertiary/aromatic N) is 4. The Morgan fingerprint density at radius 1 is 1.19 bits per heavy atom. The van der Waals surface area contributed by atoms with E-state index in [1.165, 1.54) is 12.8 Å². The standard InChI is InChI=1S/C16H22N6O2.2ClH/c1-9-16(22-24-21-9)23-5-4-18-14-8-13(11-6-12(17)7-11)19-15(20-14)10-2-3-10;;/h8,10-12H,2-7,17H2,1H3,(H,18,19,20);2*1H. The fourth-order valence-corrected chi connectivity index (χ4v) is 2.89. The van der Waals surface area contributed by atoms with Gasteiger partial charge in [0.05, 0.1) is 6.54 Å². The van der Waals surface area contributed by atoms with Crippen LogP contribution in [0, 0.1) is 6.92 Å². The molecule has 4 rings (SSSR count). The molecule has 2 fully saturated rings. The fraction of sp³-hybridized carbons (Fsp3) is 0.625. The van der Waals surface area contributed by atoms with Crippen LogP contribution >= 0.6 is 24.8 Å². The van der Waals surface area contributed by atoms with Gasteiger partial charge in [-0.3, -0.25) is 0 Å². The van der Waals surface area contributed by atoms with E-state index >= 15 is 0 Å². The normalized spacial score (nSPS) is 21.2. The van der Waals surface area contributed by atoms with Crippen molar-refractivity contribution in [2.75, 3.05) is 18.5 Å². The molecular weight excluding hydrogens is 379 g/mol. The molecule has 0 bridgehead atoms. The first-order valence-corrected chi connectivity index (χ1v) is 8.49. The Morgan fingerprint density at radius 3 is 2.58 bits per heavy atom. The average Bonchev–Trinajstić information content (AvgIpc) is 3.32. The van der Waals surface area contributed by atoms with Crippen LogP contribution in [-0.4, -0.2) is 39.5 Å². The predicted molar refractivity (Wildman–Crippen MR) is 101 cm³/mol. The summed E-state index contributed by atoms with van der Waals surface area (Å²) in [7, 11) is 0. The molecule has 2 aromatic heterocycles. The largest absolute Gasteiger partial charge is 0.472 e. The molecule has 144 valence electrons. The SMILES string of the molecule is Cc1nonc1OCCNc1cc(C2CC(N)C2)nc(C2CC2)n1.Cl.Cl. The van der Waals surface area contributed by atoms with E-state index in [9.17, 15) is 0 Å². The summed E-state index contributed by atoms with van der Waals surface area (Å²) < 4.78 is 10.1. The Labute approximate surface area is 164 Å². The molecule has 3 N–H and O–H groups in total. The van der Waals surface area contributed by atoms with Crippen molar-refractivity contribution in [2.24, 2.45) is 5.73 Å². The highest BCUT2D eigenvalue weighted by atomic mass is 35.5. The van der Waals surface area contributed by atoms with Gasteiger partial charge in [0, 0.05) is 29.6 Å². The Bertz CT molecular complexity index is 719. The topological polar surface area (TPSA) is 112 Å². The Morgan fingerprint density at radius 2 is 1.96 bits per heavy atom. The van der Waals surface area contributed by atoms with Gasteiger partial charge in [0.2, 0.25) is 0 Å². The number of hydrogen-bond acceptors (Lipinski definition) is 8. The highest BCUT2D eigenvalue weighted by molar-refractivity contribution is 5.85. The monoisotopic (exact) mass is 402 g/mol. The molecule has 2 aromatic rings. The Hall–Kier alpha value is -1.64. The molecule has 0 aromatic carbocycles. The molecule has 2 aliphatic carbocycles. The molecule has 8 nitrogen and oxygen atoms in total. The molecule has 0 aliphatic heterocycles. The molecule has 0 atom stereocenters. The molecule has 0 amide bonds. The van der Waals surface area contributed by atoms with Crippen LogP contribution in [0.25, 0.3) is 0 Å². The number of ether oxygens (including phenoxy) is 1. The van der Waals surface area contributed by atoms with E-state index in [0.29, 0.717) is 42.6 Å². The summed E-state index contributed by atoms with van der Waals surface area (Å²) in [5.74, 6) is 3.26. The van der Waals surface area contributed by atoms with Crippen LogP contribution in [0.5, 0.6) is 5.88 Å². The number of rotatable bonds is 7. The van der Waals surface area contributed by atoms with Crippen molar-refractivity contribution in [3.63, 3.8) is 0 Å². The third kappa shape index (κ3) is 4.75. The number of aryl methyl sites for hydroxylation is 1. The summed E-state index contributed by atoms with van der Waals surface area (Å²) in [5.41, 5.74) is 7.69. The fourth-order valence-electron chi connectivity index (χ4n) is 2.89. The van der Waals surface area contributed by atoms with E-state index in [4.69, 9.17) is 15.5 Å². The summed E-state index contributed by atoms with van der Waals surface area (Å²) in [6, 6.07) is 2.36. The Balaban J connectivity index is 0.00000121. The van der Waals surface area contributed by atoms with Gasteiger partial charge in [-0.1, -0.05) is 5.16 Å². The lowest BCUT2D eigenvalue weighted by atomic mass is 9.78. The van der Waals surface area contributed by atoms with Gasteiger partial charge in [0.1, 0.15) is 23.9 Å². The third-order valence-electron chi connectivity index (χ3n) is 4.56. The van der Waals surface area contributed by atoms with E-state index in [2.05, 4.69) is 25.2 Å². The first-order chi connectivity index (χ1) is 11.7. The molecule has 0 spiro atoms. The van der Waals surface area contributed by atoms with Gasteiger partial charge in [0.25, 0.3) is 5.88 Å². The average molecular weight is 403 g/mol. The molecule has 2 saturated carbocycles. The highest BCUT2D eigenvalue weighted by Gasteiger charge is 2.32. The molecule has 2 heterocycles. The zero-order chi connectivity index (χ0) is 16.5.